The normalized spacial score (nSPS) is 17.2. The summed E-state index contributed by atoms with van der Waals surface area (Å²) in [7, 11) is 1.83. The quantitative estimate of drug-likeness (QED) is 0.279. The minimum absolute atomic E-state index is 0.0372. The molecule has 2 atom stereocenters. The van der Waals surface area contributed by atoms with Gasteiger partial charge in [0.25, 0.3) is 5.56 Å². The number of aromatic nitrogens is 8. The third-order valence-electron chi connectivity index (χ3n) is 7.85. The van der Waals surface area contributed by atoms with E-state index < -0.39 is 6.04 Å². The highest BCUT2D eigenvalue weighted by molar-refractivity contribution is 6.31. The number of anilines is 1. The smallest absolute Gasteiger partial charge is 0.254 e. The predicted octanol–water partition coefficient (Wildman–Crippen LogP) is 5.58. The van der Waals surface area contributed by atoms with Crippen LogP contribution in [0, 0.1) is 11.8 Å². The Morgan fingerprint density at radius 3 is 2.63 bits per heavy atom. The minimum Gasteiger partial charge on any atom is -0.323 e. The molecule has 5 heterocycles. The molecule has 0 spiro atoms. The first-order valence-corrected chi connectivity index (χ1v) is 14.7. The third kappa shape index (κ3) is 5.70. The highest BCUT2D eigenvalue weighted by atomic mass is 35.5. The lowest BCUT2D eigenvalue weighted by Gasteiger charge is -2.24. The van der Waals surface area contributed by atoms with Crippen LogP contribution in [0.3, 0.4) is 0 Å². The lowest BCUT2D eigenvalue weighted by atomic mass is 9.88. The van der Waals surface area contributed by atoms with Crippen LogP contribution >= 0.6 is 23.2 Å². The number of halogens is 2. The average Bonchev–Trinajstić information content (AvgIpc) is 3.57. The monoisotopic (exact) mass is 617 g/mol. The van der Waals surface area contributed by atoms with Crippen LogP contribution in [0.2, 0.25) is 10.2 Å². The van der Waals surface area contributed by atoms with Crippen LogP contribution in [0.4, 0.5) is 5.69 Å². The number of amides is 1. The van der Waals surface area contributed by atoms with Crippen molar-refractivity contribution in [1.29, 1.82) is 0 Å². The summed E-state index contributed by atoms with van der Waals surface area (Å²) in [5, 5.41) is 16.1. The van der Waals surface area contributed by atoms with Gasteiger partial charge in [-0.1, -0.05) is 48.7 Å². The Morgan fingerprint density at radius 2 is 1.88 bits per heavy atom. The van der Waals surface area contributed by atoms with E-state index >= 15 is 0 Å². The van der Waals surface area contributed by atoms with Crippen molar-refractivity contribution >= 4 is 34.8 Å². The van der Waals surface area contributed by atoms with Gasteiger partial charge in [0, 0.05) is 41.4 Å². The second-order valence-electron chi connectivity index (χ2n) is 11.0. The van der Waals surface area contributed by atoms with Crippen LogP contribution in [0.15, 0.2) is 66.1 Å². The Hall–Kier alpha value is -4.35. The van der Waals surface area contributed by atoms with Crippen LogP contribution in [0.1, 0.15) is 44.8 Å². The van der Waals surface area contributed by atoms with Gasteiger partial charge in [-0.3, -0.25) is 23.8 Å². The third-order valence-corrected chi connectivity index (χ3v) is 8.25. The molecule has 1 amide bonds. The molecule has 1 aliphatic rings. The van der Waals surface area contributed by atoms with Gasteiger partial charge in [-0.2, -0.15) is 5.10 Å². The second-order valence-corrected chi connectivity index (χ2v) is 11.8. The molecule has 2 bridgehead atoms. The molecule has 6 rings (SSSR count). The lowest BCUT2D eigenvalue weighted by Crippen LogP contribution is -2.29. The van der Waals surface area contributed by atoms with Crippen LogP contribution in [0.25, 0.3) is 28.2 Å². The molecule has 0 saturated carbocycles. The zero-order chi connectivity index (χ0) is 30.2. The molecule has 0 aliphatic carbocycles. The zero-order valence-corrected chi connectivity index (χ0v) is 25.3. The Bertz CT molecular complexity index is 1880. The van der Waals surface area contributed by atoms with Gasteiger partial charge in [0.2, 0.25) is 5.91 Å². The fraction of sp³-hybridized carbons (Fsp3) is 0.300. The van der Waals surface area contributed by atoms with Gasteiger partial charge < -0.3 is 5.32 Å². The van der Waals surface area contributed by atoms with E-state index in [1.165, 1.54) is 10.7 Å². The molecule has 1 N–H and O–H groups in total. The van der Waals surface area contributed by atoms with Gasteiger partial charge in [0.15, 0.2) is 5.15 Å². The molecule has 0 unspecified atom stereocenters. The van der Waals surface area contributed by atoms with E-state index in [1.807, 2.05) is 33.0 Å². The van der Waals surface area contributed by atoms with E-state index in [9.17, 15) is 9.59 Å². The number of hydrogen-bond acceptors (Lipinski definition) is 7. The van der Waals surface area contributed by atoms with Crippen molar-refractivity contribution < 1.29 is 4.79 Å². The summed E-state index contributed by atoms with van der Waals surface area (Å²) in [6.07, 6.45) is 8.44. The van der Waals surface area contributed by atoms with Crippen molar-refractivity contribution in [3.05, 3.63) is 87.5 Å². The largest absolute Gasteiger partial charge is 0.323 e. The molecular formula is C30H29Cl2N9O2. The van der Waals surface area contributed by atoms with Gasteiger partial charge in [-0.05, 0) is 49.1 Å². The fourth-order valence-electron chi connectivity index (χ4n) is 5.67. The lowest BCUT2D eigenvalue weighted by molar-refractivity contribution is -0.121. The molecular weight excluding hydrogens is 589 g/mol. The molecule has 4 aromatic heterocycles. The van der Waals surface area contributed by atoms with Crippen LogP contribution in [-0.2, 0) is 11.8 Å². The maximum atomic E-state index is 13.8. The highest BCUT2D eigenvalue weighted by Crippen LogP contribution is 2.34. The van der Waals surface area contributed by atoms with E-state index in [1.54, 1.807) is 52.4 Å². The maximum absolute atomic E-state index is 13.8. The Labute approximate surface area is 257 Å². The molecule has 43 heavy (non-hydrogen) atoms. The summed E-state index contributed by atoms with van der Waals surface area (Å²) in [5.41, 5.74) is 4.36. The van der Waals surface area contributed by atoms with Crippen molar-refractivity contribution in [3.63, 3.8) is 0 Å². The molecule has 0 saturated heterocycles. The van der Waals surface area contributed by atoms with Gasteiger partial charge in [-0.15, -0.1) is 5.10 Å². The minimum atomic E-state index is -0.408. The first kappa shape index (κ1) is 28.8. The van der Waals surface area contributed by atoms with E-state index in [-0.39, 0.29) is 28.5 Å². The SMILES string of the molecule is CC(C)[C@H]1CCC[C@H](n2cnc(-c3cc(Cl)ccc3-n3cc(Cl)nn3)cc2=O)c2cc(ccn2)-c2c(cnn2C)NC1=O. The van der Waals surface area contributed by atoms with E-state index in [2.05, 4.69) is 30.7 Å². The summed E-state index contributed by atoms with van der Waals surface area (Å²) in [4.78, 5) is 36.5. The number of fused-ring (bicyclic) bond motifs is 4. The van der Waals surface area contributed by atoms with E-state index in [4.69, 9.17) is 23.2 Å². The number of aryl methyl sites for hydroxylation is 1. The number of nitrogens with zero attached hydrogens (tertiary/aromatic N) is 8. The first-order valence-electron chi connectivity index (χ1n) is 13.9. The Balaban J connectivity index is 1.44. The van der Waals surface area contributed by atoms with Crippen molar-refractivity contribution in [2.24, 2.45) is 18.9 Å². The number of benzene rings is 1. The zero-order valence-electron chi connectivity index (χ0n) is 23.8. The van der Waals surface area contributed by atoms with Crippen LogP contribution < -0.4 is 10.9 Å². The maximum Gasteiger partial charge on any atom is 0.254 e. The standard InChI is InChI=1S/C30H29Cl2N9O2/c1-17(2)20-5-4-6-26(23-11-18(9-10-33-23)29-24(36-30(20)43)14-35-39(29)3)40-16-34-22(13-28(40)42)21-12-19(31)7-8-25(21)41-15-27(32)37-38-41/h7-17,20,26H,4-6H2,1-3H3,(H,36,43)/t20-,26+/m1/s1. The van der Waals surface area contributed by atoms with Gasteiger partial charge in [0.1, 0.15) is 0 Å². The molecule has 0 fully saturated rings. The summed E-state index contributed by atoms with van der Waals surface area (Å²) in [6, 6.07) is 10.1. The molecule has 13 heteroatoms. The summed E-state index contributed by atoms with van der Waals surface area (Å²) in [5.74, 6) is -0.110. The number of rotatable bonds is 4. The number of nitrogens with one attached hydrogen (secondary N) is 1. The number of pyridine rings is 1. The summed E-state index contributed by atoms with van der Waals surface area (Å²) >= 11 is 12.3. The molecule has 5 aromatic rings. The predicted molar refractivity (Wildman–Crippen MR) is 164 cm³/mol. The molecule has 11 nitrogen and oxygen atoms in total. The van der Waals surface area contributed by atoms with Gasteiger partial charge in [-0.25, -0.2) is 9.67 Å². The number of carbonyl (C=O) groups is 1. The number of hydrogen-bond donors (Lipinski definition) is 1. The molecule has 220 valence electrons. The number of carbonyl (C=O) groups excluding carboxylic acids is 1. The summed E-state index contributed by atoms with van der Waals surface area (Å²) in [6.45, 7) is 4.10. The topological polar surface area (TPSA) is 125 Å². The average molecular weight is 619 g/mol. The Kier molecular flexibility index (Phi) is 7.85. The molecule has 1 aromatic carbocycles. The van der Waals surface area contributed by atoms with Crippen LogP contribution in [-0.4, -0.2) is 45.2 Å². The first-order chi connectivity index (χ1) is 20.7. The van der Waals surface area contributed by atoms with Crippen LogP contribution in [0.5, 0.6) is 0 Å². The van der Waals surface area contributed by atoms with Gasteiger partial charge in [0.05, 0.1) is 53.2 Å². The van der Waals surface area contributed by atoms with Crippen molar-refractivity contribution in [1.82, 2.24) is 39.3 Å². The molecule has 1 aliphatic heterocycles. The second kappa shape index (κ2) is 11.7. The fourth-order valence-corrected chi connectivity index (χ4v) is 5.97. The van der Waals surface area contributed by atoms with E-state index in [0.29, 0.717) is 46.9 Å². The Morgan fingerprint density at radius 1 is 1.05 bits per heavy atom. The molecule has 0 radical (unpaired) electrons. The van der Waals surface area contributed by atoms with Crippen molar-refractivity contribution in [3.8, 4) is 28.2 Å². The van der Waals surface area contributed by atoms with E-state index in [0.717, 1.165) is 17.0 Å². The van der Waals surface area contributed by atoms with Crippen molar-refractivity contribution in [2.75, 3.05) is 5.32 Å². The summed E-state index contributed by atoms with van der Waals surface area (Å²) < 4.78 is 4.84. The van der Waals surface area contributed by atoms with Crippen molar-refractivity contribution in [2.45, 2.75) is 39.2 Å². The van der Waals surface area contributed by atoms with Gasteiger partial charge >= 0.3 is 0 Å². The highest BCUT2D eigenvalue weighted by Gasteiger charge is 2.27.